The van der Waals surface area contributed by atoms with E-state index in [1.807, 2.05) is 0 Å². The highest BCUT2D eigenvalue weighted by molar-refractivity contribution is 5.30. The van der Waals surface area contributed by atoms with Gasteiger partial charge in [0.2, 0.25) is 5.79 Å². The van der Waals surface area contributed by atoms with Gasteiger partial charge in [-0.25, -0.2) is 0 Å². The van der Waals surface area contributed by atoms with Crippen LogP contribution in [0.5, 0.6) is 5.75 Å². The van der Waals surface area contributed by atoms with Gasteiger partial charge in [0, 0.05) is 18.8 Å². The molecule has 1 saturated carbocycles. The monoisotopic (exact) mass is 416 g/mol. The van der Waals surface area contributed by atoms with Crippen LogP contribution >= 0.6 is 0 Å². The number of hydrogen-bond donors (Lipinski definition) is 2. The molecule has 0 radical (unpaired) electrons. The van der Waals surface area contributed by atoms with Crippen LogP contribution in [-0.2, 0) is 20.4 Å². The van der Waals surface area contributed by atoms with Gasteiger partial charge in [0.15, 0.2) is 6.29 Å². The molecule has 3 aliphatic rings. The molecular weight excluding hydrogens is 393 g/mol. The number of benzene rings is 1. The van der Waals surface area contributed by atoms with Gasteiger partial charge in [-0.2, -0.15) is 13.2 Å². The van der Waals surface area contributed by atoms with E-state index >= 15 is 0 Å². The van der Waals surface area contributed by atoms with Crippen molar-refractivity contribution < 1.29 is 42.3 Å². The molecule has 160 valence electrons. The van der Waals surface area contributed by atoms with Crippen molar-refractivity contribution >= 4 is 0 Å². The molecule has 2 saturated heterocycles. The second-order valence-electron chi connectivity index (χ2n) is 7.59. The van der Waals surface area contributed by atoms with Crippen LogP contribution in [0.3, 0.4) is 0 Å². The summed E-state index contributed by atoms with van der Waals surface area (Å²) in [5.41, 5.74) is -0.798. The first-order chi connectivity index (χ1) is 13.8. The van der Waals surface area contributed by atoms with Crippen molar-refractivity contribution in [3.05, 3.63) is 42.0 Å². The van der Waals surface area contributed by atoms with Crippen LogP contribution < -0.4 is 4.74 Å². The molecule has 2 N–H and O–H groups in total. The van der Waals surface area contributed by atoms with Gasteiger partial charge in [0.25, 0.3) is 0 Å². The van der Waals surface area contributed by atoms with Crippen LogP contribution in [0.15, 0.2) is 36.4 Å². The fourth-order valence-corrected chi connectivity index (χ4v) is 4.23. The summed E-state index contributed by atoms with van der Waals surface area (Å²) in [6, 6.07) is 4.61. The molecule has 0 bridgehead atoms. The minimum absolute atomic E-state index is 0.0147. The molecule has 0 spiro atoms. The molecule has 1 unspecified atom stereocenters. The summed E-state index contributed by atoms with van der Waals surface area (Å²) in [5.74, 6) is -1.45. The van der Waals surface area contributed by atoms with Crippen molar-refractivity contribution in [2.45, 2.75) is 43.3 Å². The fraction of sp³-hybridized carbons (Fsp3) is 0.600. The standard InChI is InChI=1S/C20H23F3O6/c21-20(22,23)12-2-1-3-13(8-12)26-11-19(27-6-7-28-19)5-4-14-15-9-18(25)29-17(15)10-16(14)24/h1-5,8,14-18,24-25H,6-7,9-11H2/b5-4+/t14-,15-,16-,17+,18?/m1/s1. The highest BCUT2D eigenvalue weighted by atomic mass is 19.4. The number of aliphatic hydroxyl groups is 2. The van der Waals surface area contributed by atoms with Crippen molar-refractivity contribution in [3.63, 3.8) is 0 Å². The predicted molar refractivity (Wildman–Crippen MR) is 93.8 cm³/mol. The Morgan fingerprint density at radius 3 is 2.66 bits per heavy atom. The summed E-state index contributed by atoms with van der Waals surface area (Å²) in [6.07, 6.45) is -1.80. The van der Waals surface area contributed by atoms with Crippen molar-refractivity contribution in [2.24, 2.45) is 11.8 Å². The quantitative estimate of drug-likeness (QED) is 0.719. The molecule has 1 aromatic carbocycles. The first-order valence-electron chi connectivity index (χ1n) is 9.55. The zero-order valence-electron chi connectivity index (χ0n) is 15.5. The number of ether oxygens (including phenoxy) is 4. The van der Waals surface area contributed by atoms with E-state index in [4.69, 9.17) is 18.9 Å². The minimum Gasteiger partial charge on any atom is -0.488 e. The van der Waals surface area contributed by atoms with E-state index in [1.165, 1.54) is 12.1 Å². The Labute approximate surface area is 165 Å². The Kier molecular flexibility index (Phi) is 5.60. The lowest BCUT2D eigenvalue weighted by molar-refractivity contribution is -0.140. The van der Waals surface area contributed by atoms with E-state index in [2.05, 4.69) is 0 Å². The molecular formula is C20H23F3O6. The number of aliphatic hydroxyl groups excluding tert-OH is 2. The summed E-state index contributed by atoms with van der Waals surface area (Å²) in [4.78, 5) is 0. The van der Waals surface area contributed by atoms with Crippen molar-refractivity contribution in [1.29, 1.82) is 0 Å². The molecule has 1 aliphatic carbocycles. The number of fused-ring (bicyclic) bond motifs is 1. The SMILES string of the molecule is OC1C[C@@H]2[C@@H](/C=C/C3(COc4cccc(C(F)(F)F)c4)OCCO3)[C@H](O)C[C@@H]2O1. The highest BCUT2D eigenvalue weighted by Crippen LogP contribution is 2.44. The molecule has 2 aliphatic heterocycles. The van der Waals surface area contributed by atoms with E-state index in [0.29, 0.717) is 26.1 Å². The Balaban J connectivity index is 1.45. The number of rotatable bonds is 5. The average Bonchev–Trinajstić information content (AvgIpc) is 3.33. The Hall–Kier alpha value is -1.65. The summed E-state index contributed by atoms with van der Waals surface area (Å²) in [6.45, 7) is 0.496. The van der Waals surface area contributed by atoms with Crippen LogP contribution in [0, 0.1) is 11.8 Å². The van der Waals surface area contributed by atoms with Crippen LogP contribution in [0.1, 0.15) is 18.4 Å². The second kappa shape index (κ2) is 7.88. The van der Waals surface area contributed by atoms with E-state index in [9.17, 15) is 23.4 Å². The van der Waals surface area contributed by atoms with Gasteiger partial charge in [-0.05, 0) is 30.2 Å². The lowest BCUT2D eigenvalue weighted by atomic mass is 9.91. The van der Waals surface area contributed by atoms with E-state index in [0.717, 1.165) is 12.1 Å². The second-order valence-corrected chi connectivity index (χ2v) is 7.59. The highest BCUT2D eigenvalue weighted by Gasteiger charge is 2.48. The summed E-state index contributed by atoms with van der Waals surface area (Å²) in [5, 5.41) is 20.0. The molecule has 3 fully saturated rings. The maximum Gasteiger partial charge on any atom is 0.416 e. The predicted octanol–water partition coefficient (Wildman–Crippen LogP) is 2.49. The molecule has 0 amide bonds. The van der Waals surface area contributed by atoms with Crippen molar-refractivity contribution in [2.75, 3.05) is 19.8 Å². The molecule has 2 heterocycles. The third kappa shape index (κ3) is 4.44. The molecule has 9 heteroatoms. The normalized spacial score (nSPS) is 34.0. The maximum absolute atomic E-state index is 12.9. The molecule has 0 aromatic heterocycles. The first kappa shape index (κ1) is 20.6. The van der Waals surface area contributed by atoms with Gasteiger partial charge >= 0.3 is 6.18 Å². The largest absolute Gasteiger partial charge is 0.488 e. The number of halogens is 3. The minimum atomic E-state index is -4.46. The van der Waals surface area contributed by atoms with Crippen LogP contribution in [-0.4, -0.2) is 54.3 Å². The molecule has 1 aromatic rings. The van der Waals surface area contributed by atoms with Crippen molar-refractivity contribution in [1.82, 2.24) is 0 Å². The fourth-order valence-electron chi connectivity index (χ4n) is 4.23. The Morgan fingerprint density at radius 2 is 1.93 bits per heavy atom. The molecule has 5 atom stereocenters. The van der Waals surface area contributed by atoms with Gasteiger partial charge in [-0.15, -0.1) is 0 Å². The van der Waals surface area contributed by atoms with Gasteiger partial charge in [-0.3, -0.25) is 0 Å². The molecule has 4 rings (SSSR count). The zero-order chi connectivity index (χ0) is 20.6. The smallest absolute Gasteiger partial charge is 0.416 e. The molecule has 6 nitrogen and oxygen atoms in total. The van der Waals surface area contributed by atoms with E-state index in [1.54, 1.807) is 12.2 Å². The third-order valence-electron chi connectivity index (χ3n) is 5.65. The zero-order valence-corrected chi connectivity index (χ0v) is 15.5. The van der Waals surface area contributed by atoms with E-state index < -0.39 is 29.9 Å². The third-order valence-corrected chi connectivity index (χ3v) is 5.65. The summed E-state index contributed by atoms with van der Waals surface area (Å²) >= 11 is 0. The van der Waals surface area contributed by atoms with E-state index in [-0.39, 0.29) is 30.3 Å². The Morgan fingerprint density at radius 1 is 1.17 bits per heavy atom. The lowest BCUT2D eigenvalue weighted by Crippen LogP contribution is -2.35. The molecule has 29 heavy (non-hydrogen) atoms. The van der Waals surface area contributed by atoms with Crippen LogP contribution in [0.4, 0.5) is 13.2 Å². The van der Waals surface area contributed by atoms with Crippen LogP contribution in [0.2, 0.25) is 0 Å². The van der Waals surface area contributed by atoms with Gasteiger partial charge in [0.1, 0.15) is 12.4 Å². The van der Waals surface area contributed by atoms with Crippen LogP contribution in [0.25, 0.3) is 0 Å². The first-order valence-corrected chi connectivity index (χ1v) is 9.55. The van der Waals surface area contributed by atoms with Gasteiger partial charge in [0.05, 0.1) is 31.0 Å². The topological polar surface area (TPSA) is 77.4 Å². The van der Waals surface area contributed by atoms with Gasteiger partial charge in [-0.1, -0.05) is 12.1 Å². The number of hydrogen-bond acceptors (Lipinski definition) is 6. The summed E-state index contributed by atoms with van der Waals surface area (Å²) in [7, 11) is 0. The maximum atomic E-state index is 12.9. The van der Waals surface area contributed by atoms with Gasteiger partial charge < -0.3 is 29.2 Å². The lowest BCUT2D eigenvalue weighted by Gasteiger charge is -2.25. The average molecular weight is 416 g/mol. The number of alkyl halides is 3. The van der Waals surface area contributed by atoms with Crippen molar-refractivity contribution in [3.8, 4) is 5.75 Å². The Bertz CT molecular complexity index is 746. The summed E-state index contributed by atoms with van der Waals surface area (Å²) < 4.78 is 60.9.